The first-order valence-electron chi connectivity index (χ1n) is 5.46. The monoisotopic (exact) mass is 294 g/mol. The van der Waals surface area contributed by atoms with E-state index in [-0.39, 0.29) is 0 Å². The van der Waals surface area contributed by atoms with Crippen LogP contribution in [0.1, 0.15) is 0 Å². The molecular weight excluding hydrogens is 284 g/mol. The summed E-state index contributed by atoms with van der Waals surface area (Å²) in [4.78, 5) is 9.14. The summed E-state index contributed by atoms with van der Waals surface area (Å²) in [5, 5.41) is 13.6. The molecule has 0 spiro atoms. The van der Waals surface area contributed by atoms with E-state index in [2.05, 4.69) is 5.32 Å². The van der Waals surface area contributed by atoms with E-state index in [1.807, 2.05) is 6.07 Å². The molecule has 104 valence electrons. The Bertz CT molecular complexity index is 744. The molecule has 0 bridgehead atoms. The van der Waals surface area contributed by atoms with E-state index in [4.69, 9.17) is 4.55 Å². The molecule has 2 N–H and O–H groups in total. The zero-order chi connectivity index (χ0) is 14.8. The summed E-state index contributed by atoms with van der Waals surface area (Å²) in [6.07, 6.45) is 0. The molecule has 8 heteroatoms. The van der Waals surface area contributed by atoms with Crippen molar-refractivity contribution >= 4 is 27.2 Å². The summed E-state index contributed by atoms with van der Waals surface area (Å²) in [5.74, 6) is 0. The van der Waals surface area contributed by atoms with Crippen LogP contribution in [0.25, 0.3) is 0 Å². The topological polar surface area (TPSA) is 110 Å². The van der Waals surface area contributed by atoms with E-state index in [9.17, 15) is 18.5 Å². The standard InChI is InChI=1S/C12H10N2O5S/c15-14(16)11-7-6-10(8-12(11)20(17,18)19)13-9-4-2-1-3-5-9/h1-8,13H,(H,17,18,19). The minimum atomic E-state index is -4.67. The number of nitro benzene ring substituents is 1. The van der Waals surface area contributed by atoms with Crippen molar-refractivity contribution in [1.29, 1.82) is 0 Å². The van der Waals surface area contributed by atoms with Gasteiger partial charge in [-0.3, -0.25) is 14.7 Å². The lowest BCUT2D eigenvalue weighted by Crippen LogP contribution is -2.04. The maximum Gasteiger partial charge on any atom is 0.301 e. The van der Waals surface area contributed by atoms with E-state index >= 15 is 0 Å². The summed E-state index contributed by atoms with van der Waals surface area (Å²) in [5.41, 5.74) is 0.322. The maximum atomic E-state index is 11.2. The van der Waals surface area contributed by atoms with Gasteiger partial charge in [-0.2, -0.15) is 8.42 Å². The third-order valence-electron chi connectivity index (χ3n) is 2.50. The normalized spacial score (nSPS) is 11.1. The van der Waals surface area contributed by atoms with Crippen molar-refractivity contribution in [2.24, 2.45) is 0 Å². The fraction of sp³-hybridized carbons (Fsp3) is 0. The molecular formula is C12H10N2O5S. The van der Waals surface area contributed by atoms with Gasteiger partial charge in [0, 0.05) is 17.4 Å². The number of hydrogen-bond acceptors (Lipinski definition) is 5. The smallest absolute Gasteiger partial charge is 0.301 e. The Balaban J connectivity index is 2.45. The van der Waals surface area contributed by atoms with Gasteiger partial charge in [-0.25, -0.2) is 0 Å². The lowest BCUT2D eigenvalue weighted by Gasteiger charge is -2.07. The molecule has 0 atom stereocenters. The summed E-state index contributed by atoms with van der Waals surface area (Å²) in [6, 6.07) is 12.2. The van der Waals surface area contributed by atoms with Gasteiger partial charge in [0.05, 0.1) is 4.92 Å². The van der Waals surface area contributed by atoms with Gasteiger partial charge in [0.15, 0.2) is 4.90 Å². The van der Waals surface area contributed by atoms with E-state index in [1.54, 1.807) is 24.3 Å². The van der Waals surface area contributed by atoms with Crippen molar-refractivity contribution < 1.29 is 17.9 Å². The Kier molecular flexibility index (Phi) is 3.68. The molecule has 0 saturated carbocycles. The predicted molar refractivity (Wildman–Crippen MR) is 72.6 cm³/mol. The molecule has 0 aromatic heterocycles. The van der Waals surface area contributed by atoms with E-state index in [1.165, 1.54) is 6.07 Å². The molecule has 2 aromatic rings. The second-order valence-electron chi connectivity index (χ2n) is 3.91. The van der Waals surface area contributed by atoms with Crippen LogP contribution >= 0.6 is 0 Å². The average Bonchev–Trinajstić information content (AvgIpc) is 2.38. The van der Waals surface area contributed by atoms with E-state index in [0.29, 0.717) is 11.4 Å². The van der Waals surface area contributed by atoms with Crippen LogP contribution in [-0.2, 0) is 10.1 Å². The largest absolute Gasteiger partial charge is 0.355 e. The number of benzene rings is 2. The molecule has 20 heavy (non-hydrogen) atoms. The van der Waals surface area contributed by atoms with Gasteiger partial charge in [0.25, 0.3) is 5.69 Å². The Hall–Kier alpha value is -2.45. The van der Waals surface area contributed by atoms with Crippen molar-refractivity contribution in [2.45, 2.75) is 4.90 Å². The summed E-state index contributed by atoms with van der Waals surface area (Å²) in [7, 11) is -4.67. The van der Waals surface area contributed by atoms with Crippen LogP contribution in [0, 0.1) is 10.1 Å². The Morgan fingerprint density at radius 2 is 1.70 bits per heavy atom. The van der Waals surface area contributed by atoms with Crippen LogP contribution in [0.4, 0.5) is 17.1 Å². The summed E-state index contributed by atoms with van der Waals surface area (Å²) >= 11 is 0. The van der Waals surface area contributed by atoms with Gasteiger partial charge in [-0.1, -0.05) is 18.2 Å². The second-order valence-corrected chi connectivity index (χ2v) is 5.30. The van der Waals surface area contributed by atoms with Gasteiger partial charge < -0.3 is 5.32 Å². The van der Waals surface area contributed by atoms with Crippen LogP contribution in [0.5, 0.6) is 0 Å². The molecule has 0 aliphatic heterocycles. The van der Waals surface area contributed by atoms with Gasteiger partial charge in [0.1, 0.15) is 0 Å². The quantitative estimate of drug-likeness (QED) is 0.509. The fourth-order valence-electron chi connectivity index (χ4n) is 1.64. The predicted octanol–water partition coefficient (Wildman–Crippen LogP) is 2.59. The van der Waals surface area contributed by atoms with Crippen molar-refractivity contribution in [2.75, 3.05) is 5.32 Å². The first kappa shape index (κ1) is 14.0. The first-order valence-corrected chi connectivity index (χ1v) is 6.90. The molecule has 0 heterocycles. The minimum Gasteiger partial charge on any atom is -0.355 e. The van der Waals surface area contributed by atoms with E-state index in [0.717, 1.165) is 12.1 Å². The molecule has 0 unspecified atom stereocenters. The zero-order valence-electron chi connectivity index (χ0n) is 10.1. The Morgan fingerprint density at radius 3 is 2.25 bits per heavy atom. The molecule has 7 nitrogen and oxygen atoms in total. The lowest BCUT2D eigenvalue weighted by molar-refractivity contribution is -0.387. The molecule has 2 aromatic carbocycles. The van der Waals surface area contributed by atoms with E-state index < -0.39 is 25.6 Å². The van der Waals surface area contributed by atoms with Gasteiger partial charge in [0.2, 0.25) is 0 Å². The molecule has 0 fully saturated rings. The fourth-order valence-corrected chi connectivity index (χ4v) is 2.32. The van der Waals surface area contributed by atoms with Crippen LogP contribution in [0.15, 0.2) is 53.4 Å². The number of para-hydroxylation sites is 1. The number of nitrogens with one attached hydrogen (secondary N) is 1. The molecule has 0 aliphatic carbocycles. The number of rotatable bonds is 4. The average molecular weight is 294 g/mol. The first-order chi connectivity index (χ1) is 9.38. The number of hydrogen-bond donors (Lipinski definition) is 2. The van der Waals surface area contributed by atoms with Crippen LogP contribution in [-0.4, -0.2) is 17.9 Å². The van der Waals surface area contributed by atoms with Gasteiger partial charge >= 0.3 is 10.1 Å². The third-order valence-corrected chi connectivity index (χ3v) is 3.38. The molecule has 0 radical (unpaired) electrons. The number of anilines is 2. The lowest BCUT2D eigenvalue weighted by atomic mass is 10.2. The highest BCUT2D eigenvalue weighted by Crippen LogP contribution is 2.28. The van der Waals surface area contributed by atoms with Crippen LogP contribution in [0.3, 0.4) is 0 Å². The highest BCUT2D eigenvalue weighted by Gasteiger charge is 2.24. The molecule has 0 saturated heterocycles. The number of nitrogens with zero attached hydrogens (tertiary/aromatic N) is 1. The van der Waals surface area contributed by atoms with Crippen molar-refractivity contribution in [3.63, 3.8) is 0 Å². The molecule has 0 aliphatic rings. The highest BCUT2D eigenvalue weighted by atomic mass is 32.2. The maximum absolute atomic E-state index is 11.2. The van der Waals surface area contributed by atoms with Crippen molar-refractivity contribution in [3.05, 3.63) is 58.6 Å². The molecule has 0 amide bonds. The Labute approximate surface area is 114 Å². The third kappa shape index (κ3) is 3.11. The van der Waals surface area contributed by atoms with Crippen molar-refractivity contribution in [1.82, 2.24) is 0 Å². The zero-order valence-corrected chi connectivity index (χ0v) is 10.9. The second kappa shape index (κ2) is 5.27. The summed E-state index contributed by atoms with van der Waals surface area (Å²) < 4.78 is 31.4. The van der Waals surface area contributed by atoms with Crippen LogP contribution in [0.2, 0.25) is 0 Å². The summed E-state index contributed by atoms with van der Waals surface area (Å²) in [6.45, 7) is 0. The number of nitro groups is 1. The SMILES string of the molecule is O=[N+]([O-])c1ccc(Nc2ccccc2)cc1S(=O)(=O)O. The van der Waals surface area contributed by atoms with Gasteiger partial charge in [-0.15, -0.1) is 0 Å². The minimum absolute atomic E-state index is 0.314. The van der Waals surface area contributed by atoms with Crippen LogP contribution < -0.4 is 5.32 Å². The Morgan fingerprint density at radius 1 is 1.05 bits per heavy atom. The van der Waals surface area contributed by atoms with Crippen molar-refractivity contribution in [3.8, 4) is 0 Å². The molecule has 2 rings (SSSR count). The van der Waals surface area contributed by atoms with Gasteiger partial charge in [-0.05, 0) is 24.3 Å². The highest BCUT2D eigenvalue weighted by molar-refractivity contribution is 7.86.